The molecule has 1 aliphatic carbocycles. The lowest BCUT2D eigenvalue weighted by atomic mass is 9.90. The summed E-state index contributed by atoms with van der Waals surface area (Å²) in [5, 5.41) is 3.94. The smallest absolute Gasteiger partial charge is 0.240 e. The van der Waals surface area contributed by atoms with Crippen molar-refractivity contribution in [2.75, 3.05) is 0 Å². The molecule has 1 aliphatic rings. The maximum absolute atomic E-state index is 5.44. The Bertz CT molecular complexity index is 338. The van der Waals surface area contributed by atoms with Crippen molar-refractivity contribution < 1.29 is 4.52 Å². The Morgan fingerprint density at radius 2 is 2.18 bits per heavy atom. The molecular formula is C11H21ClN4O. The number of rotatable bonds is 5. The topological polar surface area (TPSA) is 68.2 Å². The number of hydrogen-bond acceptors (Lipinski definition) is 5. The SMILES string of the molecule is CC(C)N(Cc1noc(CN)n1)C1CCC1.Cl. The molecule has 1 fully saturated rings. The van der Waals surface area contributed by atoms with Gasteiger partial charge in [0.25, 0.3) is 0 Å². The summed E-state index contributed by atoms with van der Waals surface area (Å²) in [4.78, 5) is 6.69. The van der Waals surface area contributed by atoms with Gasteiger partial charge in [0.05, 0.1) is 13.1 Å². The maximum atomic E-state index is 5.44. The maximum Gasteiger partial charge on any atom is 0.240 e. The van der Waals surface area contributed by atoms with E-state index in [2.05, 4.69) is 28.9 Å². The van der Waals surface area contributed by atoms with E-state index >= 15 is 0 Å². The molecule has 1 aromatic rings. The molecule has 2 N–H and O–H groups in total. The Morgan fingerprint density at radius 1 is 1.47 bits per heavy atom. The van der Waals surface area contributed by atoms with Crippen LogP contribution in [0.4, 0.5) is 0 Å². The molecule has 2 rings (SSSR count). The Hall–Kier alpha value is -0.650. The average molecular weight is 261 g/mol. The summed E-state index contributed by atoms with van der Waals surface area (Å²) in [6, 6.07) is 1.21. The first kappa shape index (κ1) is 14.4. The zero-order chi connectivity index (χ0) is 11.5. The van der Waals surface area contributed by atoms with Crippen LogP contribution in [0, 0.1) is 0 Å². The third-order valence-corrected chi connectivity index (χ3v) is 3.22. The first-order valence-electron chi connectivity index (χ1n) is 5.98. The van der Waals surface area contributed by atoms with Crippen molar-refractivity contribution >= 4 is 12.4 Å². The molecule has 1 heterocycles. The lowest BCUT2D eigenvalue weighted by molar-refractivity contribution is 0.0828. The van der Waals surface area contributed by atoms with Gasteiger partial charge >= 0.3 is 0 Å². The van der Waals surface area contributed by atoms with E-state index in [1.807, 2.05) is 0 Å². The molecule has 0 radical (unpaired) electrons. The van der Waals surface area contributed by atoms with Gasteiger partial charge in [-0.15, -0.1) is 12.4 Å². The van der Waals surface area contributed by atoms with Gasteiger partial charge in [0.15, 0.2) is 5.82 Å². The van der Waals surface area contributed by atoms with Crippen molar-refractivity contribution in [2.45, 2.75) is 58.3 Å². The van der Waals surface area contributed by atoms with E-state index in [0.717, 1.165) is 12.4 Å². The molecule has 5 nitrogen and oxygen atoms in total. The van der Waals surface area contributed by atoms with E-state index in [0.29, 0.717) is 24.5 Å². The summed E-state index contributed by atoms with van der Waals surface area (Å²) >= 11 is 0. The van der Waals surface area contributed by atoms with E-state index in [1.54, 1.807) is 0 Å². The summed E-state index contributed by atoms with van der Waals surface area (Å²) in [7, 11) is 0. The average Bonchev–Trinajstić information content (AvgIpc) is 2.61. The normalized spacial score (nSPS) is 16.1. The van der Waals surface area contributed by atoms with Crippen LogP contribution >= 0.6 is 12.4 Å². The van der Waals surface area contributed by atoms with Crippen LogP contribution in [0.2, 0.25) is 0 Å². The van der Waals surface area contributed by atoms with Gasteiger partial charge in [-0.25, -0.2) is 0 Å². The highest BCUT2D eigenvalue weighted by Crippen LogP contribution is 2.27. The van der Waals surface area contributed by atoms with E-state index in [9.17, 15) is 0 Å². The van der Waals surface area contributed by atoms with Gasteiger partial charge in [0.1, 0.15) is 0 Å². The zero-order valence-electron chi connectivity index (χ0n) is 10.4. The summed E-state index contributed by atoms with van der Waals surface area (Å²) in [6.45, 7) is 5.51. The minimum absolute atomic E-state index is 0. The molecular weight excluding hydrogens is 240 g/mol. The van der Waals surface area contributed by atoms with Gasteiger partial charge < -0.3 is 10.3 Å². The quantitative estimate of drug-likeness (QED) is 0.873. The van der Waals surface area contributed by atoms with Crippen LogP contribution in [0.3, 0.4) is 0 Å². The Balaban J connectivity index is 0.00000144. The van der Waals surface area contributed by atoms with E-state index in [-0.39, 0.29) is 12.4 Å². The van der Waals surface area contributed by atoms with Crippen LogP contribution in [-0.4, -0.2) is 27.1 Å². The molecule has 0 amide bonds. The zero-order valence-corrected chi connectivity index (χ0v) is 11.2. The molecule has 6 heteroatoms. The summed E-state index contributed by atoms with van der Waals surface area (Å²) in [5.74, 6) is 1.27. The first-order chi connectivity index (χ1) is 7.70. The van der Waals surface area contributed by atoms with Crippen LogP contribution in [0.1, 0.15) is 44.8 Å². The van der Waals surface area contributed by atoms with Gasteiger partial charge in [-0.1, -0.05) is 11.6 Å². The van der Waals surface area contributed by atoms with Gasteiger partial charge in [-0.2, -0.15) is 4.98 Å². The molecule has 0 bridgehead atoms. The molecule has 0 spiro atoms. The number of hydrogen-bond donors (Lipinski definition) is 1. The first-order valence-corrected chi connectivity index (χ1v) is 5.98. The molecule has 17 heavy (non-hydrogen) atoms. The second-order valence-electron chi connectivity index (χ2n) is 4.66. The number of halogens is 1. The highest BCUT2D eigenvalue weighted by atomic mass is 35.5. The predicted octanol–water partition coefficient (Wildman–Crippen LogP) is 1.71. The molecule has 98 valence electrons. The molecule has 1 aromatic heterocycles. The third kappa shape index (κ3) is 3.40. The van der Waals surface area contributed by atoms with Crippen LogP contribution in [0.15, 0.2) is 4.52 Å². The van der Waals surface area contributed by atoms with Crippen LogP contribution < -0.4 is 5.73 Å². The second-order valence-corrected chi connectivity index (χ2v) is 4.66. The number of nitrogens with zero attached hydrogens (tertiary/aromatic N) is 3. The Labute approximate surface area is 108 Å². The highest BCUT2D eigenvalue weighted by molar-refractivity contribution is 5.85. The molecule has 0 aliphatic heterocycles. The van der Waals surface area contributed by atoms with Crippen molar-refractivity contribution in [1.82, 2.24) is 15.0 Å². The second kappa shape index (κ2) is 6.33. The largest absolute Gasteiger partial charge is 0.338 e. The fourth-order valence-corrected chi connectivity index (χ4v) is 2.05. The standard InChI is InChI=1S/C11H20N4O.ClH/c1-8(2)15(9-4-3-5-9)7-10-13-11(6-12)16-14-10;/h8-9H,3-7,12H2,1-2H3;1H. The Morgan fingerprint density at radius 3 is 2.59 bits per heavy atom. The van der Waals surface area contributed by atoms with Gasteiger partial charge in [0, 0.05) is 12.1 Å². The number of nitrogens with two attached hydrogens (primary N) is 1. The highest BCUT2D eigenvalue weighted by Gasteiger charge is 2.27. The van der Waals surface area contributed by atoms with Crippen molar-refractivity contribution in [3.05, 3.63) is 11.7 Å². The molecule has 0 aromatic carbocycles. The molecule has 1 saturated carbocycles. The van der Waals surface area contributed by atoms with E-state index in [4.69, 9.17) is 10.3 Å². The summed E-state index contributed by atoms with van der Waals surface area (Å²) in [6.07, 6.45) is 3.92. The van der Waals surface area contributed by atoms with Gasteiger partial charge in [-0.3, -0.25) is 4.90 Å². The van der Waals surface area contributed by atoms with Crippen molar-refractivity contribution in [3.8, 4) is 0 Å². The monoisotopic (exact) mass is 260 g/mol. The summed E-state index contributed by atoms with van der Waals surface area (Å²) in [5.41, 5.74) is 5.44. The summed E-state index contributed by atoms with van der Waals surface area (Å²) < 4.78 is 5.01. The van der Waals surface area contributed by atoms with Gasteiger partial charge in [0.2, 0.25) is 5.89 Å². The fourth-order valence-electron chi connectivity index (χ4n) is 2.05. The minimum Gasteiger partial charge on any atom is -0.338 e. The van der Waals surface area contributed by atoms with Crippen LogP contribution in [0.5, 0.6) is 0 Å². The number of aromatic nitrogens is 2. The fraction of sp³-hybridized carbons (Fsp3) is 0.818. The minimum atomic E-state index is 0. The Kier molecular flexibility index (Phi) is 5.36. The van der Waals surface area contributed by atoms with Crippen molar-refractivity contribution in [3.63, 3.8) is 0 Å². The molecule has 0 saturated heterocycles. The predicted molar refractivity (Wildman–Crippen MR) is 67.8 cm³/mol. The van der Waals surface area contributed by atoms with E-state index in [1.165, 1.54) is 19.3 Å². The molecule has 0 unspecified atom stereocenters. The van der Waals surface area contributed by atoms with Gasteiger partial charge in [-0.05, 0) is 26.7 Å². The lowest BCUT2D eigenvalue weighted by Crippen LogP contribution is -2.44. The lowest BCUT2D eigenvalue weighted by Gasteiger charge is -2.39. The van der Waals surface area contributed by atoms with Crippen molar-refractivity contribution in [2.24, 2.45) is 5.73 Å². The van der Waals surface area contributed by atoms with Crippen molar-refractivity contribution in [1.29, 1.82) is 0 Å². The van der Waals surface area contributed by atoms with Crippen LogP contribution in [0.25, 0.3) is 0 Å². The van der Waals surface area contributed by atoms with E-state index < -0.39 is 0 Å². The molecule has 0 atom stereocenters. The third-order valence-electron chi connectivity index (χ3n) is 3.22. The van der Waals surface area contributed by atoms with Crippen LogP contribution in [-0.2, 0) is 13.1 Å².